The Balaban J connectivity index is 2.00. The van der Waals surface area contributed by atoms with Gasteiger partial charge >= 0.3 is 12.3 Å². The molecule has 0 radical (unpaired) electrons. The van der Waals surface area contributed by atoms with Crippen LogP contribution in [-0.4, -0.2) is 37.0 Å². The first-order valence-electron chi connectivity index (χ1n) is 8.61. The molecule has 1 atom stereocenters. The zero-order chi connectivity index (χ0) is 22.3. The summed E-state index contributed by atoms with van der Waals surface area (Å²) in [6, 6.07) is 2.49. The Bertz CT molecular complexity index is 1090. The highest BCUT2D eigenvalue weighted by Crippen LogP contribution is 2.30. The van der Waals surface area contributed by atoms with E-state index in [1.807, 2.05) is 20.8 Å². The normalized spacial score (nSPS) is 13.3. The second-order valence-electron chi connectivity index (χ2n) is 7.40. The van der Waals surface area contributed by atoms with Crippen LogP contribution in [0.2, 0.25) is 0 Å². The number of nitrogens with one attached hydrogen (secondary N) is 1. The van der Waals surface area contributed by atoms with E-state index in [4.69, 9.17) is 0 Å². The Kier molecular flexibility index (Phi) is 5.27. The lowest BCUT2D eigenvalue weighted by Crippen LogP contribution is -2.24. The van der Waals surface area contributed by atoms with Crippen LogP contribution in [0.25, 0.3) is 5.78 Å². The number of aromatic nitrogens is 4. The number of halogens is 4. The van der Waals surface area contributed by atoms with Gasteiger partial charge in [-0.3, -0.25) is 0 Å². The quantitative estimate of drug-likeness (QED) is 0.599. The minimum atomic E-state index is -5.08. The van der Waals surface area contributed by atoms with E-state index >= 15 is 0 Å². The van der Waals surface area contributed by atoms with E-state index in [-0.39, 0.29) is 17.2 Å². The molecule has 0 fully saturated rings. The number of nitrogens with zero attached hydrogens (tertiary/aromatic N) is 4. The standard InChI is InChI=1S/C18H17F4N5O3/c1-17(2,3)12-7-13(27-16(25-12)23-8-24-27)26-14(15(28)29)9-4-5-11(10(19)6-9)30-18(20,21)22/h4-8,14,26H,1-3H3,(H,28,29). The number of hydrogen-bond acceptors (Lipinski definition) is 6. The predicted molar refractivity (Wildman–Crippen MR) is 96.6 cm³/mol. The first-order valence-corrected chi connectivity index (χ1v) is 8.61. The molecule has 1 aromatic carbocycles. The van der Waals surface area contributed by atoms with Gasteiger partial charge in [0.05, 0.1) is 5.69 Å². The maximum absolute atomic E-state index is 14.1. The monoisotopic (exact) mass is 427 g/mol. The SMILES string of the molecule is CC(C)(C)c1cc(NC(C(=O)O)c2ccc(OC(F)(F)F)c(F)c2)n2ncnc2n1. The number of aliphatic carboxylic acids is 1. The number of fused-ring (bicyclic) bond motifs is 1. The molecule has 2 aromatic heterocycles. The Morgan fingerprint density at radius 2 is 1.93 bits per heavy atom. The van der Waals surface area contributed by atoms with Crippen molar-refractivity contribution >= 4 is 17.6 Å². The van der Waals surface area contributed by atoms with Crippen molar-refractivity contribution in [3.8, 4) is 5.75 Å². The van der Waals surface area contributed by atoms with Crippen LogP contribution in [0.5, 0.6) is 5.75 Å². The summed E-state index contributed by atoms with van der Waals surface area (Å²) < 4.78 is 55.9. The van der Waals surface area contributed by atoms with E-state index in [1.54, 1.807) is 6.07 Å². The van der Waals surface area contributed by atoms with Crippen molar-refractivity contribution < 1.29 is 32.2 Å². The number of alkyl halides is 3. The lowest BCUT2D eigenvalue weighted by atomic mass is 9.92. The topological polar surface area (TPSA) is 102 Å². The minimum absolute atomic E-state index is 0.128. The number of benzene rings is 1. The van der Waals surface area contributed by atoms with Crippen LogP contribution < -0.4 is 10.1 Å². The Hall–Kier alpha value is -3.44. The van der Waals surface area contributed by atoms with Crippen LogP contribution in [0.1, 0.15) is 38.1 Å². The van der Waals surface area contributed by atoms with Crippen LogP contribution in [0.15, 0.2) is 30.6 Å². The summed E-state index contributed by atoms with van der Waals surface area (Å²) in [6.07, 6.45) is -3.84. The van der Waals surface area contributed by atoms with E-state index in [9.17, 15) is 27.5 Å². The fourth-order valence-electron chi connectivity index (χ4n) is 2.64. The van der Waals surface area contributed by atoms with Gasteiger partial charge in [-0.15, -0.1) is 13.2 Å². The van der Waals surface area contributed by atoms with Crippen LogP contribution in [-0.2, 0) is 10.2 Å². The number of ether oxygens (including phenoxy) is 1. The molecule has 3 aromatic rings. The average Bonchev–Trinajstić information content (AvgIpc) is 3.08. The third-order valence-electron chi connectivity index (χ3n) is 4.07. The van der Waals surface area contributed by atoms with E-state index in [1.165, 1.54) is 10.8 Å². The molecule has 0 aliphatic carbocycles. The molecule has 160 valence electrons. The number of rotatable bonds is 5. The number of carboxylic acid groups (broad SMARTS) is 1. The highest BCUT2D eigenvalue weighted by molar-refractivity contribution is 5.79. The largest absolute Gasteiger partial charge is 0.573 e. The number of carbonyl (C=O) groups is 1. The van der Waals surface area contributed by atoms with Crippen molar-refractivity contribution in [2.24, 2.45) is 0 Å². The molecule has 0 aliphatic heterocycles. The fraction of sp³-hybridized carbons (Fsp3) is 0.333. The summed E-state index contributed by atoms with van der Waals surface area (Å²) in [6.45, 7) is 5.69. The summed E-state index contributed by atoms with van der Waals surface area (Å²) in [5.41, 5.74) is 0.0672. The van der Waals surface area contributed by atoms with Crippen LogP contribution in [0.3, 0.4) is 0 Å². The Morgan fingerprint density at radius 1 is 1.23 bits per heavy atom. The molecule has 3 rings (SSSR count). The molecular weight excluding hydrogens is 410 g/mol. The zero-order valence-electron chi connectivity index (χ0n) is 16.0. The van der Waals surface area contributed by atoms with Crippen molar-refractivity contribution in [1.82, 2.24) is 19.6 Å². The second kappa shape index (κ2) is 7.43. The summed E-state index contributed by atoms with van der Waals surface area (Å²) in [7, 11) is 0. The molecule has 2 N–H and O–H groups in total. The molecule has 0 aliphatic rings. The van der Waals surface area contributed by atoms with Gasteiger partial charge in [0.1, 0.15) is 12.1 Å². The van der Waals surface area contributed by atoms with E-state index in [2.05, 4.69) is 25.1 Å². The van der Waals surface area contributed by atoms with Gasteiger partial charge in [0, 0.05) is 11.5 Å². The third kappa shape index (κ3) is 4.58. The summed E-state index contributed by atoms with van der Waals surface area (Å²) in [5, 5.41) is 16.3. The Morgan fingerprint density at radius 3 is 2.50 bits per heavy atom. The van der Waals surface area contributed by atoms with Gasteiger partial charge in [-0.25, -0.2) is 14.2 Å². The van der Waals surface area contributed by atoms with Gasteiger partial charge in [-0.2, -0.15) is 14.6 Å². The summed E-state index contributed by atoms with van der Waals surface area (Å²) >= 11 is 0. The second-order valence-corrected chi connectivity index (χ2v) is 7.40. The van der Waals surface area contributed by atoms with Crippen molar-refractivity contribution in [3.63, 3.8) is 0 Å². The number of hydrogen-bond donors (Lipinski definition) is 2. The lowest BCUT2D eigenvalue weighted by Gasteiger charge is -2.21. The van der Waals surface area contributed by atoms with Crippen molar-refractivity contribution in [2.45, 2.75) is 38.6 Å². The van der Waals surface area contributed by atoms with Gasteiger partial charge in [0.25, 0.3) is 5.78 Å². The molecule has 1 unspecified atom stereocenters. The van der Waals surface area contributed by atoms with E-state index in [0.717, 1.165) is 6.07 Å². The van der Waals surface area contributed by atoms with Crippen LogP contribution >= 0.6 is 0 Å². The van der Waals surface area contributed by atoms with Crippen molar-refractivity contribution in [1.29, 1.82) is 0 Å². The average molecular weight is 427 g/mol. The van der Waals surface area contributed by atoms with Gasteiger partial charge in [-0.1, -0.05) is 26.8 Å². The van der Waals surface area contributed by atoms with Crippen molar-refractivity contribution in [2.75, 3.05) is 5.32 Å². The zero-order valence-corrected chi connectivity index (χ0v) is 16.0. The first-order chi connectivity index (χ1) is 13.8. The highest BCUT2D eigenvalue weighted by atomic mass is 19.4. The molecular formula is C18H17F4N5O3. The summed E-state index contributed by atoms with van der Waals surface area (Å²) in [4.78, 5) is 20.2. The molecule has 0 saturated carbocycles. The number of carboxylic acids is 1. The number of anilines is 1. The molecule has 0 saturated heterocycles. The maximum atomic E-state index is 14.1. The lowest BCUT2D eigenvalue weighted by molar-refractivity contribution is -0.275. The molecule has 0 amide bonds. The molecule has 0 bridgehead atoms. The Labute approximate surface area is 167 Å². The van der Waals surface area contributed by atoms with Gasteiger partial charge in [0.2, 0.25) is 0 Å². The fourth-order valence-corrected chi connectivity index (χ4v) is 2.64. The molecule has 30 heavy (non-hydrogen) atoms. The van der Waals surface area contributed by atoms with E-state index in [0.29, 0.717) is 17.8 Å². The van der Waals surface area contributed by atoms with Gasteiger partial charge in [0.15, 0.2) is 17.6 Å². The van der Waals surface area contributed by atoms with Gasteiger partial charge < -0.3 is 15.2 Å². The van der Waals surface area contributed by atoms with Crippen LogP contribution in [0.4, 0.5) is 23.4 Å². The molecule has 12 heteroatoms. The molecule has 8 nitrogen and oxygen atoms in total. The summed E-state index contributed by atoms with van der Waals surface area (Å²) in [5.74, 6) is -3.37. The first kappa shape index (κ1) is 21.3. The van der Waals surface area contributed by atoms with Crippen LogP contribution in [0, 0.1) is 5.82 Å². The predicted octanol–water partition coefficient (Wildman–Crippen LogP) is 3.70. The maximum Gasteiger partial charge on any atom is 0.573 e. The highest BCUT2D eigenvalue weighted by Gasteiger charge is 2.33. The van der Waals surface area contributed by atoms with E-state index < -0.39 is 35.4 Å². The smallest absolute Gasteiger partial charge is 0.479 e. The third-order valence-corrected chi connectivity index (χ3v) is 4.07. The van der Waals surface area contributed by atoms with Crippen molar-refractivity contribution in [3.05, 3.63) is 47.7 Å². The van der Waals surface area contributed by atoms with Gasteiger partial charge in [-0.05, 0) is 17.7 Å². The minimum Gasteiger partial charge on any atom is -0.479 e. The molecule has 0 spiro atoms. The molecule has 2 heterocycles.